The number of hydrogen-bond donors (Lipinski definition) is 1. The van der Waals surface area contributed by atoms with Crippen LogP contribution in [-0.4, -0.2) is 28.3 Å². The summed E-state index contributed by atoms with van der Waals surface area (Å²) in [5.74, 6) is 2.07. The van der Waals surface area contributed by atoms with Crippen molar-refractivity contribution in [2.45, 2.75) is 18.4 Å². The van der Waals surface area contributed by atoms with Crippen molar-refractivity contribution in [3.8, 4) is 12.3 Å². The molecular weight excluding hydrogens is 410 g/mol. The number of aryl methyl sites for hydroxylation is 1. The van der Waals surface area contributed by atoms with Gasteiger partial charge in [-0.2, -0.15) is 4.99 Å². The Morgan fingerprint density at radius 1 is 1.34 bits per heavy atom. The zero-order chi connectivity index (χ0) is 20.8. The van der Waals surface area contributed by atoms with Gasteiger partial charge in [0.1, 0.15) is 11.3 Å². The minimum atomic E-state index is -3.85. The van der Waals surface area contributed by atoms with Gasteiger partial charge in [0.05, 0.1) is 27.4 Å². The van der Waals surface area contributed by atoms with Gasteiger partial charge in [0, 0.05) is 6.20 Å². The van der Waals surface area contributed by atoms with Gasteiger partial charge in [0.15, 0.2) is 4.80 Å². The highest BCUT2D eigenvalue weighted by Crippen LogP contribution is 2.21. The molecule has 1 amide bonds. The Hall–Kier alpha value is -3.26. The number of rotatable bonds is 3. The molecule has 0 aliphatic carbocycles. The summed E-state index contributed by atoms with van der Waals surface area (Å²) in [7, 11) is -3.85. The number of carbonyl (C=O) groups excluding carboxylic acids is 1. The minimum absolute atomic E-state index is 0.0189. The average molecular weight is 425 g/mol. The summed E-state index contributed by atoms with van der Waals surface area (Å²) in [6.45, 7) is 1.92. The topological polar surface area (TPSA) is 112 Å². The third-order valence-corrected chi connectivity index (χ3v) is 6.29. The van der Waals surface area contributed by atoms with Crippen LogP contribution in [0, 0.1) is 19.3 Å². The zero-order valence-corrected chi connectivity index (χ0v) is 16.9. The third-order valence-electron chi connectivity index (χ3n) is 4.34. The van der Waals surface area contributed by atoms with E-state index in [0.717, 1.165) is 11.3 Å². The Balaban J connectivity index is 1.93. The second-order valence-corrected chi connectivity index (χ2v) is 8.81. The maximum absolute atomic E-state index is 13.0. The molecule has 0 fully saturated rings. The summed E-state index contributed by atoms with van der Waals surface area (Å²) in [6, 6.07) is 9.89. The highest BCUT2D eigenvalue weighted by molar-refractivity contribution is 7.89. The summed E-state index contributed by atoms with van der Waals surface area (Å²) in [6.07, 6.45) is 7.23. The summed E-state index contributed by atoms with van der Waals surface area (Å²) < 4.78 is 27.3. The van der Waals surface area contributed by atoms with Crippen molar-refractivity contribution < 1.29 is 13.2 Å². The Labute approximate surface area is 170 Å². The molecule has 3 aromatic heterocycles. The van der Waals surface area contributed by atoms with E-state index in [1.54, 1.807) is 40.3 Å². The fraction of sp³-hybridized carbons (Fsp3) is 0.105. The first-order chi connectivity index (χ1) is 13.8. The predicted molar refractivity (Wildman–Crippen MR) is 110 cm³/mol. The number of terminal acetylenes is 1. The van der Waals surface area contributed by atoms with Crippen LogP contribution in [0.15, 0.2) is 52.5 Å². The SMILES string of the molecule is C#CCn1c(=NC(=O)c2c(C)nc3ccccn23)sc2cc(S(N)(=O)=O)ccc21. The van der Waals surface area contributed by atoms with E-state index >= 15 is 0 Å². The van der Waals surface area contributed by atoms with Crippen molar-refractivity contribution in [1.29, 1.82) is 0 Å². The molecule has 0 spiro atoms. The number of thiazole rings is 1. The first-order valence-corrected chi connectivity index (χ1v) is 10.8. The van der Waals surface area contributed by atoms with Gasteiger partial charge in [-0.3, -0.25) is 9.20 Å². The molecule has 8 nitrogen and oxygen atoms in total. The summed E-state index contributed by atoms with van der Waals surface area (Å²) in [5, 5.41) is 5.22. The van der Waals surface area contributed by atoms with Crippen molar-refractivity contribution in [2.24, 2.45) is 10.1 Å². The summed E-state index contributed by atoms with van der Waals surface area (Å²) >= 11 is 1.16. The minimum Gasteiger partial charge on any atom is -0.305 e. The van der Waals surface area contributed by atoms with Crippen molar-refractivity contribution >= 4 is 43.1 Å². The molecule has 146 valence electrons. The smallest absolute Gasteiger partial charge is 0.298 e. The molecule has 29 heavy (non-hydrogen) atoms. The lowest BCUT2D eigenvalue weighted by atomic mass is 10.3. The molecule has 0 atom stereocenters. The summed E-state index contributed by atoms with van der Waals surface area (Å²) in [5.41, 5.74) is 2.23. The molecule has 0 saturated carbocycles. The standard InChI is InChI=1S/C19H15N5O3S2/c1-3-9-23-14-8-7-13(29(20,26)27)11-15(14)28-19(23)22-18(25)17-12(2)21-16-6-4-5-10-24(16)17/h1,4-8,10-11H,9H2,2H3,(H2,20,26,27). The van der Waals surface area contributed by atoms with Crippen LogP contribution in [0.25, 0.3) is 15.9 Å². The van der Waals surface area contributed by atoms with E-state index < -0.39 is 15.9 Å². The first-order valence-electron chi connectivity index (χ1n) is 8.42. The Kier molecular flexibility index (Phi) is 4.58. The number of hydrogen-bond acceptors (Lipinski definition) is 5. The second kappa shape index (κ2) is 6.97. The van der Waals surface area contributed by atoms with Crippen LogP contribution >= 0.6 is 11.3 Å². The fourth-order valence-electron chi connectivity index (χ4n) is 3.07. The van der Waals surface area contributed by atoms with E-state index in [1.165, 1.54) is 12.1 Å². The summed E-state index contributed by atoms with van der Waals surface area (Å²) in [4.78, 5) is 22.0. The maximum Gasteiger partial charge on any atom is 0.298 e. The van der Waals surface area contributed by atoms with Gasteiger partial charge in [0.2, 0.25) is 10.0 Å². The molecule has 0 unspecified atom stereocenters. The van der Waals surface area contributed by atoms with Crippen LogP contribution in [-0.2, 0) is 16.6 Å². The molecule has 0 bridgehead atoms. The number of benzene rings is 1. The molecule has 3 heterocycles. The fourth-order valence-corrected chi connectivity index (χ4v) is 4.75. The Bertz CT molecular complexity index is 1500. The lowest BCUT2D eigenvalue weighted by Crippen LogP contribution is -2.17. The van der Waals surface area contributed by atoms with Crippen molar-refractivity contribution in [2.75, 3.05) is 0 Å². The first kappa shape index (κ1) is 19.1. The normalized spacial score (nSPS) is 12.5. The number of sulfonamides is 1. The molecular formula is C19H15N5O3S2. The van der Waals surface area contributed by atoms with E-state index in [-0.39, 0.29) is 11.4 Å². The van der Waals surface area contributed by atoms with Gasteiger partial charge < -0.3 is 4.57 Å². The van der Waals surface area contributed by atoms with Crippen LogP contribution < -0.4 is 9.94 Å². The van der Waals surface area contributed by atoms with Crippen molar-refractivity contribution in [3.63, 3.8) is 0 Å². The number of nitrogens with two attached hydrogens (primary N) is 1. The van der Waals surface area contributed by atoms with E-state index in [4.69, 9.17) is 11.6 Å². The molecule has 2 N–H and O–H groups in total. The number of pyridine rings is 1. The van der Waals surface area contributed by atoms with Gasteiger partial charge in [-0.25, -0.2) is 18.5 Å². The van der Waals surface area contributed by atoms with Crippen LogP contribution in [0.2, 0.25) is 0 Å². The largest absolute Gasteiger partial charge is 0.305 e. The zero-order valence-electron chi connectivity index (χ0n) is 15.2. The molecule has 1 aromatic carbocycles. The van der Waals surface area contributed by atoms with Gasteiger partial charge in [-0.15, -0.1) is 6.42 Å². The maximum atomic E-state index is 13.0. The van der Waals surface area contributed by atoms with E-state index in [0.29, 0.717) is 32.1 Å². The quantitative estimate of drug-likeness (QED) is 0.503. The van der Waals surface area contributed by atoms with E-state index in [1.807, 2.05) is 6.07 Å². The number of imidazole rings is 1. The van der Waals surface area contributed by atoms with Gasteiger partial charge in [-0.1, -0.05) is 23.3 Å². The molecule has 10 heteroatoms. The molecule has 0 radical (unpaired) electrons. The predicted octanol–water partition coefficient (Wildman–Crippen LogP) is 1.68. The lowest BCUT2D eigenvalue weighted by molar-refractivity contribution is 0.0991. The molecule has 0 aliphatic rings. The molecule has 0 saturated heterocycles. The second-order valence-electron chi connectivity index (χ2n) is 6.24. The van der Waals surface area contributed by atoms with Gasteiger partial charge in [0.25, 0.3) is 5.91 Å². The highest BCUT2D eigenvalue weighted by Gasteiger charge is 2.17. The number of primary sulfonamides is 1. The number of fused-ring (bicyclic) bond motifs is 2. The van der Waals surface area contributed by atoms with Crippen molar-refractivity contribution in [3.05, 3.63) is 58.8 Å². The lowest BCUT2D eigenvalue weighted by Gasteiger charge is -2.01. The van der Waals surface area contributed by atoms with Crippen LogP contribution in [0.3, 0.4) is 0 Å². The van der Waals surface area contributed by atoms with E-state index in [9.17, 15) is 13.2 Å². The number of aromatic nitrogens is 3. The monoisotopic (exact) mass is 425 g/mol. The molecule has 4 aromatic rings. The van der Waals surface area contributed by atoms with Gasteiger partial charge in [-0.05, 0) is 37.3 Å². The molecule has 0 aliphatic heterocycles. The van der Waals surface area contributed by atoms with Crippen molar-refractivity contribution in [1.82, 2.24) is 14.0 Å². The van der Waals surface area contributed by atoms with Crippen LogP contribution in [0.4, 0.5) is 0 Å². The number of carbonyl (C=O) groups is 1. The van der Waals surface area contributed by atoms with E-state index in [2.05, 4.69) is 15.9 Å². The Morgan fingerprint density at radius 2 is 2.14 bits per heavy atom. The molecule has 4 rings (SSSR count). The van der Waals surface area contributed by atoms with Crippen LogP contribution in [0.5, 0.6) is 0 Å². The number of nitrogens with zero attached hydrogens (tertiary/aromatic N) is 4. The Morgan fingerprint density at radius 3 is 2.86 bits per heavy atom. The number of amides is 1. The third kappa shape index (κ3) is 3.36. The van der Waals surface area contributed by atoms with Gasteiger partial charge >= 0.3 is 0 Å². The average Bonchev–Trinajstić information content (AvgIpc) is 3.17. The van der Waals surface area contributed by atoms with Crippen LogP contribution in [0.1, 0.15) is 16.2 Å². The highest BCUT2D eigenvalue weighted by atomic mass is 32.2.